The summed E-state index contributed by atoms with van der Waals surface area (Å²) in [4.78, 5) is 0. The Hall–Kier alpha value is -1.18. The highest BCUT2D eigenvalue weighted by Gasteiger charge is 2.50. The van der Waals surface area contributed by atoms with Gasteiger partial charge < -0.3 is 49.2 Å². The molecule has 2 heterocycles. The van der Waals surface area contributed by atoms with Gasteiger partial charge in [0.1, 0.15) is 31.0 Å². The number of benzene rings is 1. The fourth-order valence-electron chi connectivity index (χ4n) is 3.23. The summed E-state index contributed by atoms with van der Waals surface area (Å²) in [5, 5.41) is 50.4. The van der Waals surface area contributed by atoms with Crippen LogP contribution in [0.4, 0.5) is 0 Å². The van der Waals surface area contributed by atoms with E-state index in [0.29, 0.717) is 6.42 Å². The third-order valence-corrected chi connectivity index (χ3v) is 5.14. The first-order valence-corrected chi connectivity index (χ1v) is 9.39. The normalized spacial score (nSPS) is 40.3. The predicted octanol–water partition coefficient (Wildman–Crippen LogP) is -1.88. The molecule has 0 amide bonds. The van der Waals surface area contributed by atoms with Gasteiger partial charge in [0.25, 0.3) is 0 Å². The zero-order chi connectivity index (χ0) is 21.0. The quantitative estimate of drug-likeness (QED) is 0.305. The van der Waals surface area contributed by atoms with Crippen molar-refractivity contribution in [1.29, 1.82) is 0 Å². The summed E-state index contributed by atoms with van der Waals surface area (Å²) in [5.74, 6) is -1.89. The lowest BCUT2D eigenvalue weighted by atomic mass is 9.99. The third-order valence-electron chi connectivity index (χ3n) is 5.14. The largest absolute Gasteiger partial charge is 0.387 e. The van der Waals surface area contributed by atoms with Crippen molar-refractivity contribution in [3.05, 3.63) is 35.9 Å². The van der Waals surface area contributed by atoms with Gasteiger partial charge in [-0.2, -0.15) is 0 Å². The summed E-state index contributed by atoms with van der Waals surface area (Å²) < 4.78 is 26.5. The molecule has 29 heavy (non-hydrogen) atoms. The van der Waals surface area contributed by atoms with Gasteiger partial charge in [0, 0.05) is 7.11 Å². The van der Waals surface area contributed by atoms with Crippen molar-refractivity contribution in [3.8, 4) is 0 Å². The van der Waals surface area contributed by atoms with Crippen LogP contribution in [0.3, 0.4) is 0 Å². The topological polar surface area (TPSA) is 147 Å². The maximum absolute atomic E-state index is 10.2. The lowest BCUT2D eigenvalue weighted by Crippen LogP contribution is -2.59. The van der Waals surface area contributed by atoms with Crippen molar-refractivity contribution >= 4 is 0 Å². The summed E-state index contributed by atoms with van der Waals surface area (Å²) in [5.41, 5.74) is 1.04. The van der Waals surface area contributed by atoms with Crippen LogP contribution in [0.2, 0.25) is 0 Å². The molecule has 2 saturated heterocycles. The lowest BCUT2D eigenvalue weighted by molar-refractivity contribution is -0.310. The molecule has 0 radical (unpaired) electrons. The Balaban J connectivity index is 1.52. The highest BCUT2D eigenvalue weighted by molar-refractivity contribution is 5.14. The first-order valence-electron chi connectivity index (χ1n) is 9.39. The maximum Gasteiger partial charge on any atom is 0.221 e. The average Bonchev–Trinajstić information content (AvgIpc) is 3.02. The molecule has 0 saturated carbocycles. The molecule has 2 aliphatic heterocycles. The second-order valence-corrected chi connectivity index (χ2v) is 7.13. The minimum atomic E-state index is -1.89. The van der Waals surface area contributed by atoms with Crippen LogP contribution in [0.25, 0.3) is 0 Å². The summed E-state index contributed by atoms with van der Waals surface area (Å²) in [6.45, 7) is -0.353. The molecule has 10 nitrogen and oxygen atoms in total. The van der Waals surface area contributed by atoms with Crippen LogP contribution < -0.4 is 0 Å². The van der Waals surface area contributed by atoms with Gasteiger partial charge in [-0.05, 0) is 12.0 Å². The van der Waals surface area contributed by atoms with Crippen molar-refractivity contribution in [3.63, 3.8) is 0 Å². The Bertz CT molecular complexity index is 631. The van der Waals surface area contributed by atoms with Gasteiger partial charge in [0.2, 0.25) is 5.79 Å². The second-order valence-electron chi connectivity index (χ2n) is 7.13. The number of methoxy groups -OCH3 is 1. The zero-order valence-corrected chi connectivity index (χ0v) is 16.0. The molecule has 8 atom stereocenters. The van der Waals surface area contributed by atoms with Gasteiger partial charge in [-0.25, -0.2) is 0 Å². The van der Waals surface area contributed by atoms with Crippen LogP contribution >= 0.6 is 0 Å². The monoisotopic (exact) mass is 416 g/mol. The van der Waals surface area contributed by atoms with Gasteiger partial charge in [-0.15, -0.1) is 0 Å². The first-order chi connectivity index (χ1) is 13.9. The van der Waals surface area contributed by atoms with Crippen molar-refractivity contribution in [2.24, 2.45) is 0 Å². The molecule has 2 fully saturated rings. The molecule has 1 aromatic rings. The summed E-state index contributed by atoms with van der Waals surface area (Å²) in [6, 6.07) is 9.58. The molecule has 0 bridgehead atoms. The van der Waals surface area contributed by atoms with E-state index >= 15 is 0 Å². The molecule has 5 N–H and O–H groups in total. The van der Waals surface area contributed by atoms with Crippen molar-refractivity contribution in [2.75, 3.05) is 26.9 Å². The fourth-order valence-corrected chi connectivity index (χ4v) is 3.23. The molecule has 164 valence electrons. The molecule has 0 spiro atoms. The minimum Gasteiger partial charge on any atom is -0.387 e. The average molecular weight is 416 g/mol. The Kier molecular flexibility index (Phi) is 7.57. The fraction of sp³-hybridized carbons (Fsp3) is 0.684. The van der Waals surface area contributed by atoms with E-state index in [1.165, 1.54) is 7.11 Å². The molecule has 3 rings (SSSR count). The van der Waals surface area contributed by atoms with Gasteiger partial charge in [-0.3, -0.25) is 0 Å². The van der Waals surface area contributed by atoms with Crippen LogP contribution in [-0.4, -0.2) is 101 Å². The molecule has 2 aliphatic rings. The number of ether oxygens (including phenoxy) is 5. The van der Waals surface area contributed by atoms with E-state index in [1.54, 1.807) is 0 Å². The Morgan fingerprint density at radius 1 is 1.00 bits per heavy atom. The Labute approximate surface area is 168 Å². The number of hydrogen-bond acceptors (Lipinski definition) is 10. The minimum absolute atomic E-state index is 0.230. The van der Waals surface area contributed by atoms with Crippen molar-refractivity contribution in [2.45, 2.75) is 55.3 Å². The van der Waals surface area contributed by atoms with Crippen LogP contribution in [-0.2, 0) is 30.1 Å². The molecular weight excluding hydrogens is 388 g/mol. The summed E-state index contributed by atoms with van der Waals surface area (Å²) in [6.07, 6.45) is -8.73. The Morgan fingerprint density at radius 3 is 2.38 bits per heavy atom. The van der Waals surface area contributed by atoms with E-state index < -0.39 is 48.9 Å². The van der Waals surface area contributed by atoms with Crippen molar-refractivity contribution < 1.29 is 49.2 Å². The van der Waals surface area contributed by atoms with Gasteiger partial charge in [0.15, 0.2) is 18.7 Å². The molecule has 0 unspecified atom stereocenters. The molecule has 0 aliphatic carbocycles. The zero-order valence-electron chi connectivity index (χ0n) is 16.0. The van der Waals surface area contributed by atoms with E-state index in [2.05, 4.69) is 0 Å². The SMILES string of the molecule is CO[C@@]1(O)CO[C@@H](OC[C@H]2O[C@@H](OCCc3ccccc3)[C@H](O)[C@@H](O)[C@@H]2O)[C@@H]1O. The highest BCUT2D eigenvalue weighted by Crippen LogP contribution is 2.28. The smallest absolute Gasteiger partial charge is 0.221 e. The number of aliphatic hydroxyl groups excluding tert-OH is 4. The second kappa shape index (κ2) is 9.75. The van der Waals surface area contributed by atoms with Crippen LogP contribution in [0, 0.1) is 0 Å². The third kappa shape index (κ3) is 5.12. The lowest BCUT2D eigenvalue weighted by Gasteiger charge is -2.40. The number of aliphatic hydroxyl groups is 5. The summed E-state index contributed by atoms with van der Waals surface area (Å²) in [7, 11) is 1.22. The van der Waals surface area contributed by atoms with Crippen LogP contribution in [0.1, 0.15) is 5.56 Å². The van der Waals surface area contributed by atoms with Gasteiger partial charge in [-0.1, -0.05) is 30.3 Å². The van der Waals surface area contributed by atoms with Crippen molar-refractivity contribution in [1.82, 2.24) is 0 Å². The van der Waals surface area contributed by atoms with Crippen LogP contribution in [0.5, 0.6) is 0 Å². The number of rotatable bonds is 8. The van der Waals surface area contributed by atoms with E-state index in [1.807, 2.05) is 30.3 Å². The van der Waals surface area contributed by atoms with Gasteiger partial charge >= 0.3 is 0 Å². The van der Waals surface area contributed by atoms with E-state index in [9.17, 15) is 25.5 Å². The molecule has 10 heteroatoms. The summed E-state index contributed by atoms with van der Waals surface area (Å²) >= 11 is 0. The maximum atomic E-state index is 10.2. The van der Waals surface area contributed by atoms with Crippen LogP contribution in [0.15, 0.2) is 30.3 Å². The Morgan fingerprint density at radius 2 is 1.72 bits per heavy atom. The molecule has 0 aromatic heterocycles. The van der Waals surface area contributed by atoms with Gasteiger partial charge in [0.05, 0.1) is 13.2 Å². The number of hydrogen-bond donors (Lipinski definition) is 5. The predicted molar refractivity (Wildman–Crippen MR) is 96.4 cm³/mol. The van der Waals surface area contributed by atoms with E-state index in [0.717, 1.165) is 5.56 Å². The first kappa shape index (κ1) is 22.5. The highest BCUT2D eigenvalue weighted by atomic mass is 16.8. The molecule has 1 aromatic carbocycles. The molecular formula is C19H28O10. The van der Waals surface area contributed by atoms with E-state index in [-0.39, 0.29) is 19.8 Å². The van der Waals surface area contributed by atoms with E-state index in [4.69, 9.17) is 23.7 Å². The standard InChI is InChI=1S/C19H28O10/c1-25-19(24)10-28-18(16(19)23)27-9-12-13(20)14(21)15(22)17(29-12)26-8-7-11-5-3-2-4-6-11/h2-6,12-18,20-24H,7-10H2,1H3/t12-,13-,14+,15-,16+,17-,18-,19+/m1/s1.